The first-order chi connectivity index (χ1) is 16.8. The zero-order chi connectivity index (χ0) is 25.4. The second-order valence-electron chi connectivity index (χ2n) is 8.86. The smallest absolute Gasteiger partial charge is 0.271 e. The van der Waals surface area contributed by atoms with E-state index in [4.69, 9.17) is 16.3 Å². The third kappa shape index (κ3) is 7.74. The Morgan fingerprint density at radius 2 is 2.09 bits per heavy atom. The topological polar surface area (TPSA) is 95.0 Å². The molecule has 10 heteroatoms. The lowest BCUT2D eigenvalue weighted by molar-refractivity contribution is -0.118. The molecule has 0 saturated carbocycles. The van der Waals surface area contributed by atoms with Crippen molar-refractivity contribution in [2.45, 2.75) is 31.8 Å². The maximum Gasteiger partial charge on any atom is 0.271 e. The average molecular weight is 500 g/mol. The number of benzene rings is 1. The van der Waals surface area contributed by atoms with E-state index < -0.39 is 0 Å². The number of hydrogen-bond donors (Lipinski definition) is 2. The molecule has 3 rings (SSSR count). The Hall–Kier alpha value is -3.01. The van der Waals surface area contributed by atoms with Gasteiger partial charge in [0, 0.05) is 55.8 Å². The maximum atomic E-state index is 13.2. The van der Waals surface area contributed by atoms with Gasteiger partial charge >= 0.3 is 0 Å². The molecule has 188 valence electrons. The van der Waals surface area contributed by atoms with Crippen LogP contribution in [0, 0.1) is 6.92 Å². The van der Waals surface area contributed by atoms with Crippen LogP contribution in [0.3, 0.4) is 0 Å². The van der Waals surface area contributed by atoms with E-state index in [1.54, 1.807) is 23.4 Å². The minimum atomic E-state index is -0.342. The van der Waals surface area contributed by atoms with E-state index in [1.165, 1.54) is 0 Å². The van der Waals surface area contributed by atoms with Gasteiger partial charge in [-0.3, -0.25) is 9.79 Å². The van der Waals surface area contributed by atoms with Gasteiger partial charge in [0.15, 0.2) is 0 Å². The molecule has 0 radical (unpaired) electrons. The standard InChI is InChI=1S/C25H34ClN7O2/c1-17-14-28-25(29-20-9-11-35-12-10-20)31-23(17)33(5)16-22(27-2)24(34)30-21(15-32(3)4)18-7-6-8-19(26)13-18/h6-8,13-14,16,20-21H,2,9-12,15H2,1,3-5H3,(H,30,34)(H,28,29,31)/b22-16-. The summed E-state index contributed by atoms with van der Waals surface area (Å²) in [5.74, 6) is 0.872. The minimum absolute atomic E-state index is 0.176. The molecule has 1 amide bonds. The summed E-state index contributed by atoms with van der Waals surface area (Å²) in [6.07, 6.45) is 5.21. The summed E-state index contributed by atoms with van der Waals surface area (Å²) in [6, 6.07) is 7.46. The lowest BCUT2D eigenvalue weighted by atomic mass is 10.1. The number of halogens is 1. The van der Waals surface area contributed by atoms with Gasteiger partial charge < -0.3 is 25.2 Å². The summed E-state index contributed by atoms with van der Waals surface area (Å²) >= 11 is 6.18. The first-order valence-corrected chi connectivity index (χ1v) is 11.9. The lowest BCUT2D eigenvalue weighted by Crippen LogP contribution is -2.36. The second kappa shape index (κ2) is 12.6. The molecule has 1 fully saturated rings. The highest BCUT2D eigenvalue weighted by molar-refractivity contribution is 6.30. The fourth-order valence-corrected chi connectivity index (χ4v) is 4.05. The van der Waals surface area contributed by atoms with Gasteiger partial charge in [0.1, 0.15) is 11.5 Å². The molecule has 2 N–H and O–H groups in total. The van der Waals surface area contributed by atoms with Crippen LogP contribution in [0.5, 0.6) is 0 Å². The molecule has 1 aromatic heterocycles. The van der Waals surface area contributed by atoms with Crippen molar-refractivity contribution in [2.24, 2.45) is 4.99 Å². The van der Waals surface area contributed by atoms with Crippen molar-refractivity contribution in [1.29, 1.82) is 0 Å². The molecular formula is C25H34ClN7O2. The average Bonchev–Trinajstić information content (AvgIpc) is 2.83. The van der Waals surface area contributed by atoms with Crippen molar-refractivity contribution in [3.05, 3.63) is 58.5 Å². The first kappa shape index (κ1) is 26.6. The first-order valence-electron chi connectivity index (χ1n) is 11.6. The van der Waals surface area contributed by atoms with Crippen LogP contribution in [0.15, 0.2) is 47.4 Å². The molecule has 35 heavy (non-hydrogen) atoms. The van der Waals surface area contributed by atoms with Gasteiger partial charge in [-0.1, -0.05) is 23.7 Å². The van der Waals surface area contributed by atoms with E-state index in [1.807, 2.05) is 51.2 Å². The third-order valence-corrected chi connectivity index (χ3v) is 5.89. The normalized spacial score (nSPS) is 15.5. The molecule has 1 aliphatic heterocycles. The van der Waals surface area contributed by atoms with Crippen molar-refractivity contribution < 1.29 is 9.53 Å². The van der Waals surface area contributed by atoms with Crippen LogP contribution in [0.1, 0.15) is 30.0 Å². The second-order valence-corrected chi connectivity index (χ2v) is 9.29. The number of rotatable bonds is 10. The van der Waals surface area contributed by atoms with Crippen LogP contribution < -0.4 is 15.5 Å². The van der Waals surface area contributed by atoms with E-state index >= 15 is 0 Å². The number of ether oxygens (including phenoxy) is 1. The van der Waals surface area contributed by atoms with Crippen LogP contribution >= 0.6 is 11.6 Å². The van der Waals surface area contributed by atoms with Crippen LogP contribution in [-0.2, 0) is 9.53 Å². The highest BCUT2D eigenvalue weighted by Crippen LogP contribution is 2.22. The third-order valence-electron chi connectivity index (χ3n) is 5.66. The minimum Gasteiger partial charge on any atom is -0.381 e. The van der Waals surface area contributed by atoms with E-state index in [-0.39, 0.29) is 23.7 Å². The van der Waals surface area contributed by atoms with Crippen molar-refractivity contribution >= 4 is 36.0 Å². The van der Waals surface area contributed by atoms with Crippen LogP contribution in [0.25, 0.3) is 0 Å². The summed E-state index contributed by atoms with van der Waals surface area (Å²) in [5.41, 5.74) is 1.96. The maximum absolute atomic E-state index is 13.2. The molecule has 1 atom stereocenters. The molecule has 1 aromatic carbocycles. The number of anilines is 2. The number of carbonyl (C=O) groups is 1. The number of hydrogen-bond acceptors (Lipinski definition) is 8. The Bertz CT molecular complexity index is 1050. The largest absolute Gasteiger partial charge is 0.381 e. The van der Waals surface area contributed by atoms with Crippen LogP contribution in [0.4, 0.5) is 11.8 Å². The SMILES string of the molecule is C=N/C(=C\N(C)c1nc(NC2CCOCC2)ncc1C)C(=O)NC(CN(C)C)c1cccc(Cl)c1. The molecule has 1 saturated heterocycles. The van der Waals surface area contributed by atoms with Crippen molar-refractivity contribution in [3.63, 3.8) is 0 Å². The molecule has 9 nitrogen and oxygen atoms in total. The van der Waals surface area contributed by atoms with Gasteiger partial charge in [0.2, 0.25) is 5.95 Å². The fraction of sp³-hybridized carbons (Fsp3) is 0.440. The summed E-state index contributed by atoms with van der Waals surface area (Å²) < 4.78 is 5.42. The molecule has 2 heterocycles. The lowest BCUT2D eigenvalue weighted by Gasteiger charge is -2.24. The Balaban J connectivity index is 1.77. The summed E-state index contributed by atoms with van der Waals surface area (Å²) in [6.45, 7) is 7.58. The van der Waals surface area contributed by atoms with Gasteiger partial charge in [0.25, 0.3) is 5.91 Å². The Morgan fingerprint density at radius 1 is 1.34 bits per heavy atom. The zero-order valence-corrected chi connectivity index (χ0v) is 21.5. The van der Waals surface area contributed by atoms with Gasteiger partial charge in [-0.2, -0.15) is 4.98 Å². The molecule has 0 spiro atoms. The summed E-state index contributed by atoms with van der Waals surface area (Å²) in [7, 11) is 5.72. The highest BCUT2D eigenvalue weighted by atomic mass is 35.5. The van der Waals surface area contributed by atoms with Gasteiger partial charge in [0.05, 0.1) is 6.04 Å². The zero-order valence-electron chi connectivity index (χ0n) is 20.8. The number of nitrogens with one attached hydrogen (secondary N) is 2. The number of likely N-dealkylation sites (N-methyl/N-ethyl adjacent to an activating group) is 1. The Morgan fingerprint density at radius 3 is 2.74 bits per heavy atom. The predicted molar refractivity (Wildman–Crippen MR) is 141 cm³/mol. The van der Waals surface area contributed by atoms with Crippen LogP contribution in [0.2, 0.25) is 5.02 Å². The summed E-state index contributed by atoms with van der Waals surface area (Å²) in [5, 5.41) is 7.05. The molecule has 1 aliphatic rings. The van der Waals surface area contributed by atoms with Crippen molar-refractivity contribution in [2.75, 3.05) is 51.1 Å². The molecule has 1 unspecified atom stereocenters. The molecule has 0 bridgehead atoms. The number of amides is 1. The number of aromatic nitrogens is 2. The highest BCUT2D eigenvalue weighted by Gasteiger charge is 2.20. The Kier molecular flexibility index (Phi) is 9.59. The number of aryl methyl sites for hydroxylation is 1. The Labute approximate surface area is 212 Å². The fourth-order valence-electron chi connectivity index (χ4n) is 3.86. The number of carbonyl (C=O) groups excluding carboxylic acids is 1. The van der Waals surface area contributed by atoms with Gasteiger partial charge in [-0.25, -0.2) is 4.98 Å². The van der Waals surface area contributed by atoms with E-state index in [0.29, 0.717) is 23.3 Å². The number of nitrogens with zero attached hydrogens (tertiary/aromatic N) is 5. The van der Waals surface area contributed by atoms with Crippen molar-refractivity contribution in [3.8, 4) is 0 Å². The van der Waals surface area contributed by atoms with E-state index in [9.17, 15) is 4.79 Å². The summed E-state index contributed by atoms with van der Waals surface area (Å²) in [4.78, 5) is 30.0. The van der Waals surface area contributed by atoms with E-state index in [2.05, 4.69) is 32.3 Å². The monoisotopic (exact) mass is 499 g/mol. The quantitative estimate of drug-likeness (QED) is 0.382. The van der Waals surface area contributed by atoms with E-state index in [0.717, 1.165) is 37.2 Å². The predicted octanol–water partition coefficient (Wildman–Crippen LogP) is 3.43. The molecule has 2 aromatic rings. The number of aliphatic imine (C=N–C) groups is 1. The van der Waals surface area contributed by atoms with Crippen LogP contribution in [-0.4, -0.2) is 74.4 Å². The molecular weight excluding hydrogens is 466 g/mol. The van der Waals surface area contributed by atoms with Gasteiger partial charge in [-0.15, -0.1) is 0 Å². The molecule has 0 aliphatic carbocycles. The van der Waals surface area contributed by atoms with Crippen molar-refractivity contribution in [1.82, 2.24) is 20.2 Å². The van der Waals surface area contributed by atoms with Gasteiger partial charge in [-0.05, 0) is 58.3 Å².